The molecule has 1 heterocycles. The number of carbonyl (C=O) groups excluding carboxylic acids is 1. The molecule has 0 spiro atoms. The highest BCUT2D eigenvalue weighted by atomic mass is 79.9. The van der Waals surface area contributed by atoms with Gasteiger partial charge in [-0.3, -0.25) is 4.79 Å². The smallest absolute Gasteiger partial charge is 0.168 e. The van der Waals surface area contributed by atoms with E-state index in [1.54, 1.807) is 23.5 Å². The van der Waals surface area contributed by atoms with Gasteiger partial charge in [-0.2, -0.15) is 11.3 Å². The molecule has 2 rings (SSSR count). The van der Waals surface area contributed by atoms with Crippen LogP contribution in [0.2, 0.25) is 5.02 Å². The number of halogens is 2. The van der Waals surface area contributed by atoms with Crippen molar-refractivity contribution in [3.05, 3.63) is 55.6 Å². The van der Waals surface area contributed by atoms with Crippen molar-refractivity contribution in [3.63, 3.8) is 0 Å². The first-order valence-electron chi connectivity index (χ1n) is 4.66. The maximum Gasteiger partial charge on any atom is 0.168 e. The van der Waals surface area contributed by atoms with Gasteiger partial charge in [-0.15, -0.1) is 0 Å². The van der Waals surface area contributed by atoms with Crippen molar-refractivity contribution in [1.29, 1.82) is 0 Å². The van der Waals surface area contributed by atoms with Crippen LogP contribution in [0.3, 0.4) is 0 Å². The minimum atomic E-state index is 0.0460. The molecule has 0 fully saturated rings. The average Bonchev–Trinajstić information content (AvgIpc) is 2.74. The fraction of sp³-hybridized carbons (Fsp3) is 0.0833. The van der Waals surface area contributed by atoms with Crippen molar-refractivity contribution in [2.24, 2.45) is 0 Å². The molecule has 1 aromatic heterocycles. The Hall–Kier alpha value is -0.640. The molecule has 2 aromatic rings. The van der Waals surface area contributed by atoms with E-state index in [2.05, 4.69) is 15.9 Å². The van der Waals surface area contributed by atoms with Crippen molar-refractivity contribution < 1.29 is 4.79 Å². The lowest BCUT2D eigenvalue weighted by Gasteiger charge is -2.03. The van der Waals surface area contributed by atoms with Gasteiger partial charge in [-0.05, 0) is 40.6 Å². The summed E-state index contributed by atoms with van der Waals surface area (Å²) in [5.41, 5.74) is 1.60. The minimum absolute atomic E-state index is 0.0460. The summed E-state index contributed by atoms with van der Waals surface area (Å²) >= 11 is 10.9. The molecule has 0 N–H and O–H groups in total. The summed E-state index contributed by atoms with van der Waals surface area (Å²) in [7, 11) is 0. The molecule has 0 saturated heterocycles. The maximum absolute atomic E-state index is 12.0. The van der Waals surface area contributed by atoms with E-state index < -0.39 is 0 Å². The molecule has 4 heteroatoms. The molecule has 0 amide bonds. The van der Waals surface area contributed by atoms with Gasteiger partial charge in [0.15, 0.2) is 5.78 Å². The molecule has 0 atom stereocenters. The molecule has 0 aliphatic heterocycles. The average molecular weight is 316 g/mol. The highest BCUT2D eigenvalue weighted by Crippen LogP contribution is 2.22. The summed E-state index contributed by atoms with van der Waals surface area (Å²) < 4.78 is 0.866. The number of rotatable bonds is 3. The fourth-order valence-electron chi connectivity index (χ4n) is 1.39. The van der Waals surface area contributed by atoms with Crippen LogP contribution in [0.4, 0.5) is 0 Å². The van der Waals surface area contributed by atoms with Gasteiger partial charge in [-0.25, -0.2) is 0 Å². The van der Waals surface area contributed by atoms with Gasteiger partial charge >= 0.3 is 0 Å². The highest BCUT2D eigenvalue weighted by molar-refractivity contribution is 9.10. The number of thiophene rings is 1. The Kier molecular flexibility index (Phi) is 3.79. The number of hydrogen-bond acceptors (Lipinski definition) is 2. The van der Waals surface area contributed by atoms with Crippen LogP contribution in [0.15, 0.2) is 39.5 Å². The lowest BCUT2D eigenvalue weighted by atomic mass is 10.1. The van der Waals surface area contributed by atoms with E-state index in [-0.39, 0.29) is 5.78 Å². The topological polar surface area (TPSA) is 17.1 Å². The minimum Gasteiger partial charge on any atom is -0.294 e. The zero-order valence-electron chi connectivity index (χ0n) is 8.24. The van der Waals surface area contributed by atoms with Crippen molar-refractivity contribution in [1.82, 2.24) is 0 Å². The zero-order valence-corrected chi connectivity index (χ0v) is 11.4. The Morgan fingerprint density at radius 2 is 2.19 bits per heavy atom. The molecule has 16 heavy (non-hydrogen) atoms. The fourth-order valence-corrected chi connectivity index (χ4v) is 2.64. The molecule has 0 aliphatic rings. The number of benzene rings is 1. The van der Waals surface area contributed by atoms with E-state index in [0.29, 0.717) is 17.0 Å². The van der Waals surface area contributed by atoms with Gasteiger partial charge in [0.2, 0.25) is 0 Å². The van der Waals surface area contributed by atoms with Crippen LogP contribution in [0.5, 0.6) is 0 Å². The van der Waals surface area contributed by atoms with E-state index in [1.807, 2.05) is 22.9 Å². The van der Waals surface area contributed by atoms with Crippen LogP contribution >= 0.6 is 38.9 Å². The molecule has 0 aliphatic carbocycles. The van der Waals surface area contributed by atoms with Gasteiger partial charge in [0.25, 0.3) is 0 Å². The third kappa shape index (κ3) is 2.73. The molecule has 0 saturated carbocycles. The zero-order chi connectivity index (χ0) is 11.5. The van der Waals surface area contributed by atoms with E-state index in [4.69, 9.17) is 11.6 Å². The second-order valence-electron chi connectivity index (χ2n) is 3.36. The molecule has 1 aromatic carbocycles. The largest absolute Gasteiger partial charge is 0.294 e. The molecule has 1 nitrogen and oxygen atoms in total. The Morgan fingerprint density at radius 1 is 1.38 bits per heavy atom. The summed E-state index contributed by atoms with van der Waals surface area (Å²) in [6, 6.07) is 7.27. The van der Waals surface area contributed by atoms with Crippen LogP contribution in [0, 0.1) is 0 Å². The first-order chi connectivity index (χ1) is 7.66. The quantitative estimate of drug-likeness (QED) is 0.757. The lowest BCUT2D eigenvalue weighted by Crippen LogP contribution is -2.03. The van der Waals surface area contributed by atoms with Crippen molar-refractivity contribution >= 4 is 44.7 Å². The van der Waals surface area contributed by atoms with E-state index in [0.717, 1.165) is 10.0 Å². The molecular weight excluding hydrogens is 308 g/mol. The van der Waals surface area contributed by atoms with Gasteiger partial charge in [0.05, 0.1) is 5.02 Å². The normalized spacial score (nSPS) is 10.4. The summed E-state index contributed by atoms with van der Waals surface area (Å²) in [5.74, 6) is 0.0460. The Morgan fingerprint density at radius 3 is 2.88 bits per heavy atom. The maximum atomic E-state index is 12.0. The van der Waals surface area contributed by atoms with Crippen LogP contribution in [0.25, 0.3) is 0 Å². The number of hydrogen-bond donors (Lipinski definition) is 0. The van der Waals surface area contributed by atoms with Crippen LogP contribution in [-0.4, -0.2) is 5.78 Å². The van der Waals surface area contributed by atoms with Crippen molar-refractivity contribution in [2.45, 2.75) is 6.42 Å². The first kappa shape index (κ1) is 11.8. The van der Waals surface area contributed by atoms with Crippen molar-refractivity contribution in [3.8, 4) is 0 Å². The molecule has 82 valence electrons. The summed E-state index contributed by atoms with van der Waals surface area (Å²) in [4.78, 5) is 12.0. The SMILES string of the molecule is O=C(Cc1ccsc1)c1cc(Br)ccc1Cl. The molecular formula is C12H8BrClOS. The summed E-state index contributed by atoms with van der Waals surface area (Å²) in [5, 5.41) is 4.44. The summed E-state index contributed by atoms with van der Waals surface area (Å²) in [6.07, 6.45) is 0.402. The van der Waals surface area contributed by atoms with Gasteiger partial charge in [0.1, 0.15) is 0 Å². The van der Waals surface area contributed by atoms with E-state index in [1.165, 1.54) is 0 Å². The van der Waals surface area contributed by atoms with Crippen LogP contribution < -0.4 is 0 Å². The van der Waals surface area contributed by atoms with Gasteiger partial charge < -0.3 is 0 Å². The number of ketones is 1. The Bertz CT molecular complexity index is 508. The number of Topliss-reactive ketones (excluding diaryl/α,β-unsaturated/α-hetero) is 1. The number of carbonyl (C=O) groups is 1. The molecule has 0 radical (unpaired) electrons. The van der Waals surface area contributed by atoms with Crippen LogP contribution in [0.1, 0.15) is 15.9 Å². The first-order valence-corrected chi connectivity index (χ1v) is 6.77. The Labute approximate surface area is 111 Å². The molecule has 0 unspecified atom stereocenters. The molecule has 0 bridgehead atoms. The second-order valence-corrected chi connectivity index (χ2v) is 5.46. The standard InChI is InChI=1S/C12H8BrClOS/c13-9-1-2-11(14)10(6-9)12(15)5-8-3-4-16-7-8/h1-4,6-7H,5H2. The Balaban J connectivity index is 2.24. The van der Waals surface area contributed by atoms with Gasteiger partial charge in [0, 0.05) is 16.5 Å². The third-order valence-corrected chi connectivity index (χ3v) is 3.73. The van der Waals surface area contributed by atoms with Crippen LogP contribution in [-0.2, 0) is 6.42 Å². The van der Waals surface area contributed by atoms with Crippen molar-refractivity contribution in [2.75, 3.05) is 0 Å². The predicted octanol–water partition coefficient (Wildman–Crippen LogP) is 4.59. The monoisotopic (exact) mass is 314 g/mol. The second kappa shape index (κ2) is 5.13. The lowest BCUT2D eigenvalue weighted by molar-refractivity contribution is 0.0993. The van der Waals surface area contributed by atoms with Gasteiger partial charge in [-0.1, -0.05) is 27.5 Å². The highest BCUT2D eigenvalue weighted by Gasteiger charge is 2.11. The van der Waals surface area contributed by atoms with E-state index in [9.17, 15) is 4.79 Å². The predicted molar refractivity (Wildman–Crippen MR) is 71.5 cm³/mol. The summed E-state index contributed by atoms with van der Waals surface area (Å²) in [6.45, 7) is 0. The third-order valence-electron chi connectivity index (χ3n) is 2.17. The van der Waals surface area contributed by atoms with E-state index >= 15 is 0 Å².